The van der Waals surface area contributed by atoms with E-state index in [-0.39, 0.29) is 6.10 Å². The van der Waals surface area contributed by atoms with E-state index in [0.29, 0.717) is 12.5 Å². The Kier molecular flexibility index (Phi) is 4.96. The molecule has 2 rings (SSSR count). The number of pyridine rings is 1. The van der Waals surface area contributed by atoms with Crippen LogP contribution in [0, 0.1) is 6.92 Å². The number of hydrogen-bond donors (Lipinski definition) is 1. The van der Waals surface area contributed by atoms with Crippen molar-refractivity contribution in [2.45, 2.75) is 39.3 Å². The fourth-order valence-electron chi connectivity index (χ4n) is 2.00. The van der Waals surface area contributed by atoms with Crippen molar-refractivity contribution in [2.75, 3.05) is 19.8 Å². The lowest BCUT2D eigenvalue weighted by molar-refractivity contribution is 0.138. The monoisotopic (exact) mass is 250 g/mol. The number of rotatable bonds is 6. The first-order valence-electron chi connectivity index (χ1n) is 6.71. The van der Waals surface area contributed by atoms with Gasteiger partial charge in [-0.25, -0.2) is 4.98 Å². The van der Waals surface area contributed by atoms with E-state index in [1.807, 2.05) is 13.0 Å². The number of nitrogens with one attached hydrogen (secondary N) is 1. The number of aromatic nitrogens is 1. The molecule has 1 fully saturated rings. The second kappa shape index (κ2) is 6.71. The van der Waals surface area contributed by atoms with Crippen molar-refractivity contribution in [1.29, 1.82) is 0 Å². The summed E-state index contributed by atoms with van der Waals surface area (Å²) in [5.74, 6) is 0.710. The molecule has 1 aromatic rings. The summed E-state index contributed by atoms with van der Waals surface area (Å²) in [6.07, 6.45) is 2.27. The summed E-state index contributed by atoms with van der Waals surface area (Å²) in [5.41, 5.74) is 2.27. The quantitative estimate of drug-likeness (QED) is 0.785. The van der Waals surface area contributed by atoms with E-state index in [4.69, 9.17) is 9.47 Å². The largest absolute Gasteiger partial charge is 0.472 e. The summed E-state index contributed by atoms with van der Waals surface area (Å²) in [7, 11) is 0. The van der Waals surface area contributed by atoms with Crippen LogP contribution in [0.25, 0.3) is 0 Å². The Morgan fingerprint density at radius 1 is 1.50 bits per heavy atom. The fourth-order valence-corrected chi connectivity index (χ4v) is 2.00. The number of aryl methyl sites for hydroxylation is 1. The van der Waals surface area contributed by atoms with Crippen LogP contribution in [-0.2, 0) is 11.3 Å². The molecule has 0 spiro atoms. The van der Waals surface area contributed by atoms with Crippen molar-refractivity contribution in [3.05, 3.63) is 23.4 Å². The van der Waals surface area contributed by atoms with Gasteiger partial charge in [-0.1, -0.05) is 13.0 Å². The summed E-state index contributed by atoms with van der Waals surface area (Å²) in [6.45, 7) is 7.58. The molecule has 0 aromatic carbocycles. The second-order valence-corrected chi connectivity index (χ2v) is 4.67. The molecular formula is C14H22N2O2. The van der Waals surface area contributed by atoms with Crippen LogP contribution >= 0.6 is 0 Å². The van der Waals surface area contributed by atoms with Gasteiger partial charge in [0.05, 0.1) is 13.2 Å². The molecule has 0 amide bonds. The van der Waals surface area contributed by atoms with Gasteiger partial charge in [0.1, 0.15) is 6.10 Å². The molecule has 4 nitrogen and oxygen atoms in total. The summed E-state index contributed by atoms with van der Waals surface area (Å²) in [4.78, 5) is 4.50. The predicted octanol–water partition coefficient (Wildman–Crippen LogP) is 2.06. The van der Waals surface area contributed by atoms with E-state index < -0.39 is 0 Å². The van der Waals surface area contributed by atoms with Gasteiger partial charge in [-0.2, -0.15) is 0 Å². The zero-order valence-electron chi connectivity index (χ0n) is 11.2. The zero-order chi connectivity index (χ0) is 12.8. The first-order chi connectivity index (χ1) is 8.79. The van der Waals surface area contributed by atoms with Crippen LogP contribution in [0.2, 0.25) is 0 Å². The van der Waals surface area contributed by atoms with Crippen LogP contribution in [0.5, 0.6) is 5.88 Å². The van der Waals surface area contributed by atoms with Gasteiger partial charge in [-0.05, 0) is 25.5 Å². The first-order valence-corrected chi connectivity index (χ1v) is 6.71. The van der Waals surface area contributed by atoms with Gasteiger partial charge in [0.15, 0.2) is 0 Å². The highest BCUT2D eigenvalue weighted by Gasteiger charge is 2.17. The molecule has 1 atom stereocenters. The van der Waals surface area contributed by atoms with E-state index in [2.05, 4.69) is 23.3 Å². The van der Waals surface area contributed by atoms with Gasteiger partial charge in [0.25, 0.3) is 0 Å². The first kappa shape index (κ1) is 13.3. The number of hydrogen-bond acceptors (Lipinski definition) is 4. The van der Waals surface area contributed by atoms with Gasteiger partial charge in [0.2, 0.25) is 5.88 Å². The van der Waals surface area contributed by atoms with Gasteiger partial charge >= 0.3 is 0 Å². The van der Waals surface area contributed by atoms with Crippen molar-refractivity contribution < 1.29 is 9.47 Å². The molecule has 1 N–H and O–H groups in total. The molecule has 0 aliphatic carbocycles. The lowest BCUT2D eigenvalue weighted by atomic mass is 10.2. The van der Waals surface area contributed by atoms with E-state index in [1.165, 1.54) is 5.56 Å². The van der Waals surface area contributed by atoms with Crippen LogP contribution in [0.1, 0.15) is 31.0 Å². The zero-order valence-corrected chi connectivity index (χ0v) is 11.2. The minimum absolute atomic E-state index is 0.168. The van der Waals surface area contributed by atoms with Gasteiger partial charge in [-0.3, -0.25) is 0 Å². The minimum atomic E-state index is 0.168. The molecule has 1 saturated heterocycles. The van der Waals surface area contributed by atoms with Crippen molar-refractivity contribution >= 4 is 0 Å². The molecule has 1 aromatic heterocycles. The van der Waals surface area contributed by atoms with Crippen molar-refractivity contribution in [2.24, 2.45) is 0 Å². The topological polar surface area (TPSA) is 43.4 Å². The maximum atomic E-state index is 5.78. The van der Waals surface area contributed by atoms with E-state index in [0.717, 1.165) is 38.2 Å². The third-order valence-corrected chi connectivity index (χ3v) is 3.09. The summed E-state index contributed by atoms with van der Waals surface area (Å²) in [6, 6.07) is 4.05. The SMILES string of the molecule is CCCNCc1ccc(OC2CCOC2)nc1C. The molecule has 0 bridgehead atoms. The molecule has 100 valence electrons. The highest BCUT2D eigenvalue weighted by atomic mass is 16.5. The van der Waals surface area contributed by atoms with Crippen molar-refractivity contribution in [1.82, 2.24) is 10.3 Å². The Balaban J connectivity index is 1.91. The molecular weight excluding hydrogens is 228 g/mol. The smallest absolute Gasteiger partial charge is 0.213 e. The highest BCUT2D eigenvalue weighted by Crippen LogP contribution is 2.17. The fraction of sp³-hybridized carbons (Fsp3) is 0.643. The predicted molar refractivity (Wildman–Crippen MR) is 70.8 cm³/mol. The van der Waals surface area contributed by atoms with E-state index >= 15 is 0 Å². The van der Waals surface area contributed by atoms with Crippen molar-refractivity contribution in [3.8, 4) is 5.88 Å². The molecule has 1 aliphatic heterocycles. The maximum absolute atomic E-state index is 5.78. The van der Waals surface area contributed by atoms with Crippen LogP contribution in [0.3, 0.4) is 0 Å². The average Bonchev–Trinajstić information content (AvgIpc) is 2.85. The Morgan fingerprint density at radius 3 is 3.06 bits per heavy atom. The highest BCUT2D eigenvalue weighted by molar-refractivity contribution is 5.25. The second-order valence-electron chi connectivity index (χ2n) is 4.67. The third-order valence-electron chi connectivity index (χ3n) is 3.09. The lowest BCUT2D eigenvalue weighted by Gasteiger charge is -2.13. The average molecular weight is 250 g/mol. The summed E-state index contributed by atoms with van der Waals surface area (Å²) < 4.78 is 11.1. The number of nitrogens with zero attached hydrogens (tertiary/aromatic N) is 1. The summed E-state index contributed by atoms with van der Waals surface area (Å²) in [5, 5.41) is 3.38. The molecule has 0 saturated carbocycles. The Morgan fingerprint density at radius 2 is 2.39 bits per heavy atom. The molecule has 18 heavy (non-hydrogen) atoms. The standard InChI is InChI=1S/C14H22N2O2/c1-3-7-15-9-12-4-5-14(16-11(12)2)18-13-6-8-17-10-13/h4-5,13,15H,3,6-10H2,1-2H3. The van der Waals surface area contributed by atoms with Crippen molar-refractivity contribution in [3.63, 3.8) is 0 Å². The van der Waals surface area contributed by atoms with E-state index in [1.54, 1.807) is 0 Å². The molecule has 1 aliphatic rings. The van der Waals surface area contributed by atoms with Gasteiger partial charge < -0.3 is 14.8 Å². The molecule has 2 heterocycles. The Bertz CT molecular complexity index is 376. The summed E-state index contributed by atoms with van der Waals surface area (Å²) >= 11 is 0. The maximum Gasteiger partial charge on any atom is 0.213 e. The Labute approximate surface area is 109 Å². The molecule has 1 unspecified atom stereocenters. The van der Waals surface area contributed by atoms with Crippen LogP contribution in [0.4, 0.5) is 0 Å². The van der Waals surface area contributed by atoms with Crippen LogP contribution < -0.4 is 10.1 Å². The van der Waals surface area contributed by atoms with E-state index in [9.17, 15) is 0 Å². The minimum Gasteiger partial charge on any atom is -0.472 e. The van der Waals surface area contributed by atoms with Gasteiger partial charge in [0, 0.05) is 24.7 Å². The third kappa shape index (κ3) is 3.68. The number of ether oxygens (including phenoxy) is 2. The molecule has 4 heteroatoms. The van der Waals surface area contributed by atoms with Gasteiger partial charge in [-0.15, -0.1) is 0 Å². The van der Waals surface area contributed by atoms with Crippen LogP contribution in [-0.4, -0.2) is 30.8 Å². The van der Waals surface area contributed by atoms with Crippen LogP contribution in [0.15, 0.2) is 12.1 Å². The Hall–Kier alpha value is -1.13. The lowest BCUT2D eigenvalue weighted by Crippen LogP contribution is -2.18. The molecule has 0 radical (unpaired) electrons. The normalized spacial score (nSPS) is 19.1.